The molecule has 0 bridgehead atoms. The fourth-order valence-corrected chi connectivity index (χ4v) is 5.16. The Labute approximate surface area is 281 Å². The third-order valence-electron chi connectivity index (χ3n) is 7.85. The largest absolute Gasteiger partial charge is 0.492 e. The van der Waals surface area contributed by atoms with Crippen molar-refractivity contribution in [3.8, 4) is 16.9 Å². The van der Waals surface area contributed by atoms with E-state index in [1.54, 1.807) is 17.8 Å². The van der Waals surface area contributed by atoms with E-state index in [-0.39, 0.29) is 12.3 Å². The van der Waals surface area contributed by atoms with Crippen molar-refractivity contribution in [1.82, 2.24) is 20.7 Å². The van der Waals surface area contributed by atoms with E-state index in [1.165, 1.54) is 11.6 Å². The van der Waals surface area contributed by atoms with Gasteiger partial charge in [-0.25, -0.2) is 5.48 Å². The molecule has 0 aliphatic heterocycles. The fourth-order valence-electron chi connectivity index (χ4n) is 5.16. The number of carbonyl (C=O) groups excluding carboxylic acids is 2. The van der Waals surface area contributed by atoms with E-state index in [2.05, 4.69) is 39.5 Å². The van der Waals surface area contributed by atoms with Crippen LogP contribution in [0.5, 0.6) is 5.75 Å². The maximum atomic E-state index is 12.4. The van der Waals surface area contributed by atoms with Gasteiger partial charge in [0.2, 0.25) is 5.91 Å². The number of nitrogens with one attached hydrogen (secondary N) is 2. The van der Waals surface area contributed by atoms with Crippen molar-refractivity contribution >= 4 is 17.9 Å². The molecule has 0 fully saturated rings. The number of hydroxylamine groups is 1. The van der Waals surface area contributed by atoms with Crippen molar-refractivity contribution in [2.24, 2.45) is 0 Å². The molecular formula is C40H40N4O4. The van der Waals surface area contributed by atoms with Crippen molar-refractivity contribution < 1.29 is 19.5 Å². The molecule has 48 heavy (non-hydrogen) atoms. The number of amides is 2. The summed E-state index contributed by atoms with van der Waals surface area (Å²) >= 11 is 0. The molecule has 244 valence electrons. The van der Waals surface area contributed by atoms with Crippen LogP contribution in [0.4, 0.5) is 0 Å². The van der Waals surface area contributed by atoms with Gasteiger partial charge in [0.1, 0.15) is 12.4 Å². The zero-order valence-electron chi connectivity index (χ0n) is 26.8. The third kappa shape index (κ3) is 11.0. The molecule has 8 heteroatoms. The number of pyridine rings is 1. The van der Waals surface area contributed by atoms with Crippen LogP contribution < -0.4 is 15.5 Å². The average molecular weight is 641 g/mol. The minimum Gasteiger partial charge on any atom is -0.492 e. The predicted octanol–water partition coefficient (Wildman–Crippen LogP) is 6.25. The quantitative estimate of drug-likeness (QED) is 0.0670. The highest BCUT2D eigenvalue weighted by Crippen LogP contribution is 2.22. The first-order chi connectivity index (χ1) is 23.5. The van der Waals surface area contributed by atoms with Crippen LogP contribution in [-0.2, 0) is 35.5 Å². The fraction of sp³-hybridized carbons (Fsp3) is 0.175. The number of hydrogen-bond donors (Lipinski definition) is 3. The number of benzene rings is 4. The predicted molar refractivity (Wildman–Crippen MR) is 188 cm³/mol. The van der Waals surface area contributed by atoms with Gasteiger partial charge in [-0.05, 0) is 58.5 Å². The third-order valence-corrected chi connectivity index (χ3v) is 7.85. The van der Waals surface area contributed by atoms with Gasteiger partial charge in [0.05, 0.1) is 6.42 Å². The lowest BCUT2D eigenvalue weighted by molar-refractivity contribution is -0.124. The van der Waals surface area contributed by atoms with Crippen molar-refractivity contribution in [2.45, 2.75) is 25.9 Å². The van der Waals surface area contributed by atoms with E-state index in [0.717, 1.165) is 65.3 Å². The summed E-state index contributed by atoms with van der Waals surface area (Å²) in [5.41, 5.74) is 8.70. The van der Waals surface area contributed by atoms with Crippen LogP contribution >= 0.6 is 0 Å². The van der Waals surface area contributed by atoms with Crippen molar-refractivity contribution in [3.05, 3.63) is 162 Å². The number of hydrogen-bond acceptors (Lipinski definition) is 6. The topological polar surface area (TPSA) is 104 Å². The summed E-state index contributed by atoms with van der Waals surface area (Å²) in [5, 5.41) is 11.6. The molecule has 0 aliphatic rings. The van der Waals surface area contributed by atoms with E-state index in [9.17, 15) is 9.59 Å². The molecular weight excluding hydrogens is 600 g/mol. The van der Waals surface area contributed by atoms with Crippen LogP contribution in [0.1, 0.15) is 27.9 Å². The molecule has 5 aromatic rings. The Kier molecular flexibility index (Phi) is 12.6. The molecule has 0 saturated heterocycles. The Bertz CT molecular complexity index is 1740. The van der Waals surface area contributed by atoms with Gasteiger partial charge >= 0.3 is 0 Å². The van der Waals surface area contributed by atoms with E-state index in [4.69, 9.17) is 9.94 Å². The highest BCUT2D eigenvalue weighted by atomic mass is 16.5. The molecule has 1 aromatic heterocycles. The second-order valence-electron chi connectivity index (χ2n) is 11.4. The average Bonchev–Trinajstić information content (AvgIpc) is 3.14. The van der Waals surface area contributed by atoms with Gasteiger partial charge < -0.3 is 10.1 Å². The maximum Gasteiger partial charge on any atom is 0.267 e. The van der Waals surface area contributed by atoms with E-state index < -0.39 is 5.91 Å². The van der Waals surface area contributed by atoms with Gasteiger partial charge in [0.25, 0.3) is 5.91 Å². The lowest BCUT2D eigenvalue weighted by atomic mass is 10.1. The van der Waals surface area contributed by atoms with Crippen molar-refractivity contribution in [1.29, 1.82) is 0 Å². The van der Waals surface area contributed by atoms with Crippen LogP contribution in [0.2, 0.25) is 0 Å². The second-order valence-corrected chi connectivity index (χ2v) is 11.4. The molecule has 0 aliphatic carbocycles. The maximum absolute atomic E-state index is 12.4. The first kappa shape index (κ1) is 33.8. The molecule has 4 aromatic carbocycles. The van der Waals surface area contributed by atoms with Gasteiger partial charge in [-0.1, -0.05) is 103 Å². The van der Waals surface area contributed by atoms with Gasteiger partial charge in [0.15, 0.2) is 0 Å². The molecule has 3 N–H and O–H groups in total. The Morgan fingerprint density at radius 1 is 0.750 bits per heavy atom. The molecule has 0 radical (unpaired) electrons. The summed E-state index contributed by atoms with van der Waals surface area (Å²) in [7, 11) is 0. The zero-order valence-corrected chi connectivity index (χ0v) is 26.8. The van der Waals surface area contributed by atoms with Crippen LogP contribution in [0.15, 0.2) is 134 Å². The van der Waals surface area contributed by atoms with Gasteiger partial charge in [0, 0.05) is 49.7 Å². The molecule has 0 saturated carbocycles. The van der Waals surface area contributed by atoms with Gasteiger partial charge in [-0.3, -0.25) is 24.7 Å². The lowest BCUT2D eigenvalue weighted by Crippen LogP contribution is -2.30. The minimum atomic E-state index is -0.565. The summed E-state index contributed by atoms with van der Waals surface area (Å²) in [6, 6.07) is 40.2. The highest BCUT2D eigenvalue weighted by Gasteiger charge is 2.09. The summed E-state index contributed by atoms with van der Waals surface area (Å²) in [6.45, 7) is 3.42. The first-order valence-electron chi connectivity index (χ1n) is 16.0. The SMILES string of the molecule is O=C(/C=C/c1ccc(CN(CCOc2ccc(-c3ccc(CC(=O)NCc4ccccc4)nc3)cc2)CCc2ccccc2)cc1)NO. The minimum absolute atomic E-state index is 0.0587. The van der Waals surface area contributed by atoms with Crippen LogP contribution in [0, 0.1) is 0 Å². The van der Waals surface area contributed by atoms with Crippen LogP contribution in [0.25, 0.3) is 17.2 Å². The normalized spacial score (nSPS) is 11.0. The Morgan fingerprint density at radius 2 is 1.44 bits per heavy atom. The van der Waals surface area contributed by atoms with Gasteiger partial charge in [-0.2, -0.15) is 0 Å². The molecule has 0 unspecified atom stereocenters. The first-order valence-corrected chi connectivity index (χ1v) is 16.0. The summed E-state index contributed by atoms with van der Waals surface area (Å²) < 4.78 is 6.15. The van der Waals surface area contributed by atoms with E-state index >= 15 is 0 Å². The van der Waals surface area contributed by atoms with E-state index in [1.807, 2.05) is 97.1 Å². The van der Waals surface area contributed by atoms with Crippen LogP contribution in [0.3, 0.4) is 0 Å². The summed E-state index contributed by atoms with van der Waals surface area (Å²) in [4.78, 5) is 30.5. The number of rotatable bonds is 16. The zero-order chi connectivity index (χ0) is 33.4. The number of nitrogens with zero attached hydrogens (tertiary/aromatic N) is 2. The molecule has 2 amide bonds. The van der Waals surface area contributed by atoms with Gasteiger partial charge in [-0.15, -0.1) is 0 Å². The Morgan fingerprint density at radius 3 is 2.10 bits per heavy atom. The summed E-state index contributed by atoms with van der Waals surface area (Å²) in [6.07, 6.45) is 5.90. The highest BCUT2D eigenvalue weighted by molar-refractivity contribution is 5.90. The second kappa shape index (κ2) is 17.9. The number of aromatic nitrogens is 1. The Hall–Kier alpha value is -5.57. The molecule has 8 nitrogen and oxygen atoms in total. The molecule has 0 spiro atoms. The Balaban J connectivity index is 1.12. The standard InChI is InChI=1S/C40H40N4O4/c45-39(43-47)22-15-32-11-13-34(14-12-32)30-44(24-23-31-7-3-1-4-8-31)25-26-48-38-20-17-35(18-21-38)36-16-19-37(41-29-36)27-40(46)42-28-33-9-5-2-6-10-33/h1-22,29,47H,23-28,30H2,(H,42,46)(H,43,45)/b22-15+. The van der Waals surface area contributed by atoms with Crippen molar-refractivity contribution in [3.63, 3.8) is 0 Å². The van der Waals surface area contributed by atoms with Crippen molar-refractivity contribution in [2.75, 3.05) is 19.7 Å². The summed E-state index contributed by atoms with van der Waals surface area (Å²) in [5.74, 6) is 0.172. The lowest BCUT2D eigenvalue weighted by Gasteiger charge is -2.23. The molecule has 0 atom stereocenters. The molecule has 1 heterocycles. The number of carbonyl (C=O) groups is 2. The smallest absolute Gasteiger partial charge is 0.267 e. The monoisotopic (exact) mass is 640 g/mol. The number of ether oxygens (including phenoxy) is 1. The molecule has 5 rings (SSSR count). The van der Waals surface area contributed by atoms with Crippen LogP contribution in [-0.4, -0.2) is 46.6 Å². The van der Waals surface area contributed by atoms with E-state index in [0.29, 0.717) is 13.2 Å².